The highest BCUT2D eigenvalue weighted by Gasteiger charge is 2.55. The van der Waals surface area contributed by atoms with Gasteiger partial charge in [0.1, 0.15) is 6.04 Å². The topological polar surface area (TPSA) is 57.7 Å². The van der Waals surface area contributed by atoms with Gasteiger partial charge in [-0.3, -0.25) is 19.3 Å². The first-order valence-electron chi connectivity index (χ1n) is 14.7. The van der Waals surface area contributed by atoms with Gasteiger partial charge in [0.15, 0.2) is 0 Å². The Kier molecular flexibility index (Phi) is 7.05. The van der Waals surface area contributed by atoms with Gasteiger partial charge in [-0.05, 0) is 68.0 Å². The number of carbonyl (C=O) groups excluding carboxylic acids is 3. The maximum absolute atomic E-state index is 14.9. The van der Waals surface area contributed by atoms with Gasteiger partial charge in [-0.25, -0.2) is 0 Å². The number of anilines is 1. The minimum atomic E-state index is -0.907. The molecule has 2 fully saturated rings. The Hall–Kier alpha value is -3.44. The van der Waals surface area contributed by atoms with Crippen LogP contribution in [0.4, 0.5) is 5.69 Å². The van der Waals surface area contributed by atoms with Crippen molar-refractivity contribution in [2.75, 3.05) is 4.90 Å². The molecule has 0 aromatic heterocycles. The van der Waals surface area contributed by atoms with Crippen LogP contribution >= 0.6 is 11.6 Å². The maximum Gasteiger partial charge on any atom is 0.251 e. The fourth-order valence-electron chi connectivity index (χ4n) is 7.76. The second-order valence-electron chi connectivity index (χ2n) is 12.8. The molecule has 3 aromatic carbocycles. The molecule has 1 saturated heterocycles. The van der Waals surface area contributed by atoms with Gasteiger partial charge in [0.2, 0.25) is 11.8 Å². The number of fused-ring (bicyclic) bond motifs is 2. The van der Waals surface area contributed by atoms with Crippen LogP contribution in [0.1, 0.15) is 69.6 Å². The molecular weight excluding hydrogens is 532 g/mol. The summed E-state index contributed by atoms with van der Waals surface area (Å²) in [6.45, 7) is 6.39. The molecule has 5 nitrogen and oxygen atoms in total. The zero-order chi connectivity index (χ0) is 28.9. The molecule has 6 heteroatoms. The average Bonchev–Trinajstić information content (AvgIpc) is 3.21. The molecule has 1 saturated carbocycles. The summed E-state index contributed by atoms with van der Waals surface area (Å²) in [5.41, 5.74) is 2.94. The summed E-state index contributed by atoms with van der Waals surface area (Å²) in [7, 11) is 0. The molecule has 0 bridgehead atoms. The van der Waals surface area contributed by atoms with Gasteiger partial charge in [-0.2, -0.15) is 0 Å². The average molecular weight is 569 g/mol. The van der Waals surface area contributed by atoms with Crippen LogP contribution in [-0.2, 0) is 26.2 Å². The van der Waals surface area contributed by atoms with Crippen LogP contribution < -0.4 is 4.90 Å². The largest absolute Gasteiger partial charge is 0.305 e. The van der Waals surface area contributed by atoms with Crippen molar-refractivity contribution in [1.82, 2.24) is 4.90 Å². The Morgan fingerprint density at radius 1 is 0.854 bits per heavy atom. The third-order valence-electron chi connectivity index (χ3n) is 9.58. The zero-order valence-corrected chi connectivity index (χ0v) is 24.7. The SMILES string of the molecule is CC1(C)C[C@](C)(c2ccc(Cl)cc2)c2ccccc2N1C(=O)[C@H](Cc1ccccc1)N1C(=O)[C@@H]2CCCC[C@H]2C1=O. The normalized spacial score (nSPS) is 26.0. The standard InChI is InChI=1S/C35H37ClN2O3/c1-34(2)22-35(3,24-17-19-25(36)20-18-24)28-15-9-10-16-29(28)38(34)33(41)30(21-23-11-5-4-6-12-23)37-31(39)26-13-7-8-14-27(26)32(37)40/h4-6,9-12,15-20,26-27,30H,7-8,13-14,21-22H2,1-3H3/t26-,27-,30+,35-/m1/s1. The highest BCUT2D eigenvalue weighted by atomic mass is 35.5. The van der Waals surface area contributed by atoms with Crippen LogP contribution in [0.5, 0.6) is 0 Å². The van der Waals surface area contributed by atoms with Crippen molar-refractivity contribution in [2.24, 2.45) is 11.8 Å². The molecule has 212 valence electrons. The lowest BCUT2D eigenvalue weighted by molar-refractivity contribution is -0.147. The summed E-state index contributed by atoms with van der Waals surface area (Å²) < 4.78 is 0. The van der Waals surface area contributed by atoms with Crippen LogP contribution in [0.3, 0.4) is 0 Å². The van der Waals surface area contributed by atoms with Crippen LogP contribution in [0.15, 0.2) is 78.9 Å². The molecule has 2 heterocycles. The number of amides is 3. The van der Waals surface area contributed by atoms with Gasteiger partial charge in [-0.15, -0.1) is 0 Å². The van der Waals surface area contributed by atoms with E-state index < -0.39 is 11.6 Å². The van der Waals surface area contributed by atoms with Gasteiger partial charge in [0.05, 0.1) is 11.8 Å². The Morgan fingerprint density at radius 3 is 2.07 bits per heavy atom. The second-order valence-corrected chi connectivity index (χ2v) is 13.2. The summed E-state index contributed by atoms with van der Waals surface area (Å²) >= 11 is 6.24. The number of para-hydroxylation sites is 1. The number of hydrogen-bond acceptors (Lipinski definition) is 3. The van der Waals surface area contributed by atoms with E-state index in [0.717, 1.165) is 48.1 Å². The molecule has 3 aromatic rings. The summed E-state index contributed by atoms with van der Waals surface area (Å²) in [6, 6.07) is 24.8. The number of nitrogens with zero attached hydrogens (tertiary/aromatic N) is 2. The Morgan fingerprint density at radius 2 is 1.44 bits per heavy atom. The summed E-state index contributed by atoms with van der Waals surface area (Å²) in [4.78, 5) is 45.8. The monoisotopic (exact) mass is 568 g/mol. The molecule has 3 amide bonds. The first kappa shape index (κ1) is 27.7. The zero-order valence-electron chi connectivity index (χ0n) is 24.0. The minimum absolute atomic E-state index is 0.178. The fraction of sp³-hybridized carbons (Fsp3) is 0.400. The third kappa shape index (κ3) is 4.68. The molecule has 1 aliphatic carbocycles. The summed E-state index contributed by atoms with van der Waals surface area (Å²) in [5.74, 6) is -1.18. The van der Waals surface area contributed by atoms with Crippen molar-refractivity contribution in [1.29, 1.82) is 0 Å². The lowest BCUT2D eigenvalue weighted by Gasteiger charge is -2.52. The van der Waals surface area contributed by atoms with Crippen molar-refractivity contribution >= 4 is 35.0 Å². The molecule has 4 atom stereocenters. The first-order chi connectivity index (χ1) is 19.6. The molecule has 0 spiro atoms. The van der Waals surface area contributed by atoms with E-state index in [9.17, 15) is 14.4 Å². The molecule has 41 heavy (non-hydrogen) atoms. The van der Waals surface area contributed by atoms with Crippen molar-refractivity contribution in [3.8, 4) is 0 Å². The highest BCUT2D eigenvalue weighted by Crippen LogP contribution is 2.51. The Bertz CT molecular complexity index is 1460. The molecule has 0 unspecified atom stereocenters. The Labute approximate surface area is 247 Å². The van der Waals surface area contributed by atoms with Crippen molar-refractivity contribution in [2.45, 2.75) is 76.3 Å². The fourth-order valence-corrected chi connectivity index (χ4v) is 7.89. The van der Waals surface area contributed by atoms with E-state index in [0.29, 0.717) is 17.9 Å². The number of hydrogen-bond donors (Lipinski definition) is 0. The third-order valence-corrected chi connectivity index (χ3v) is 9.83. The molecule has 6 rings (SSSR count). The van der Waals surface area contributed by atoms with Crippen LogP contribution in [0, 0.1) is 11.8 Å². The van der Waals surface area contributed by atoms with Crippen molar-refractivity contribution in [3.63, 3.8) is 0 Å². The van der Waals surface area contributed by atoms with Crippen LogP contribution in [0.2, 0.25) is 5.02 Å². The number of imide groups is 1. The van der Waals surface area contributed by atoms with E-state index in [2.05, 4.69) is 39.0 Å². The lowest BCUT2D eigenvalue weighted by Crippen LogP contribution is -2.61. The smallest absolute Gasteiger partial charge is 0.251 e. The van der Waals surface area contributed by atoms with Gasteiger partial charge < -0.3 is 4.90 Å². The second kappa shape index (κ2) is 10.4. The molecule has 3 aliphatic rings. The molecular formula is C35H37ClN2O3. The van der Waals surface area contributed by atoms with E-state index in [-0.39, 0.29) is 35.0 Å². The first-order valence-corrected chi connectivity index (χ1v) is 15.1. The van der Waals surface area contributed by atoms with Gasteiger partial charge >= 0.3 is 0 Å². The van der Waals surface area contributed by atoms with E-state index in [4.69, 9.17) is 11.6 Å². The Balaban J connectivity index is 1.45. The number of likely N-dealkylation sites (tertiary alicyclic amines) is 1. The molecule has 0 N–H and O–H groups in total. The van der Waals surface area contributed by atoms with E-state index >= 15 is 0 Å². The van der Waals surface area contributed by atoms with Crippen LogP contribution in [-0.4, -0.2) is 34.2 Å². The van der Waals surface area contributed by atoms with Gasteiger partial charge in [0.25, 0.3) is 5.91 Å². The van der Waals surface area contributed by atoms with E-state index in [1.807, 2.05) is 65.6 Å². The molecule has 0 radical (unpaired) electrons. The minimum Gasteiger partial charge on any atom is -0.305 e. The highest BCUT2D eigenvalue weighted by molar-refractivity contribution is 6.30. The predicted molar refractivity (Wildman–Crippen MR) is 162 cm³/mol. The van der Waals surface area contributed by atoms with E-state index in [1.54, 1.807) is 0 Å². The van der Waals surface area contributed by atoms with Crippen LogP contribution in [0.25, 0.3) is 0 Å². The van der Waals surface area contributed by atoms with Gasteiger partial charge in [-0.1, -0.05) is 92.0 Å². The number of benzene rings is 3. The summed E-state index contributed by atoms with van der Waals surface area (Å²) in [6.07, 6.45) is 4.28. The van der Waals surface area contributed by atoms with Crippen molar-refractivity contribution in [3.05, 3.63) is 101 Å². The van der Waals surface area contributed by atoms with E-state index in [1.165, 1.54) is 4.90 Å². The quantitative estimate of drug-likeness (QED) is 0.313. The molecule has 2 aliphatic heterocycles. The number of halogens is 1. The number of carbonyl (C=O) groups is 3. The maximum atomic E-state index is 14.9. The predicted octanol–water partition coefficient (Wildman–Crippen LogP) is 6.95. The lowest BCUT2D eigenvalue weighted by atomic mass is 9.65. The van der Waals surface area contributed by atoms with Crippen molar-refractivity contribution < 1.29 is 14.4 Å². The van der Waals surface area contributed by atoms with Gasteiger partial charge in [0, 0.05) is 28.1 Å². The summed E-state index contributed by atoms with van der Waals surface area (Å²) in [5, 5.41) is 0.682. The number of rotatable bonds is 5.